The predicted octanol–water partition coefficient (Wildman–Crippen LogP) is 3.05. The van der Waals surface area contributed by atoms with E-state index < -0.39 is 0 Å². The molecule has 1 aromatic heterocycles. The SMILES string of the molecule is CCC(N)Cc1cnc(N(C)C2CCCC2)c(C)c1. The van der Waals surface area contributed by atoms with E-state index in [1.165, 1.54) is 36.8 Å². The van der Waals surface area contributed by atoms with Gasteiger partial charge in [-0.05, 0) is 43.7 Å². The summed E-state index contributed by atoms with van der Waals surface area (Å²) < 4.78 is 0. The van der Waals surface area contributed by atoms with Gasteiger partial charge in [-0.2, -0.15) is 0 Å². The number of nitrogens with zero attached hydrogens (tertiary/aromatic N) is 2. The van der Waals surface area contributed by atoms with Crippen LogP contribution in [0.25, 0.3) is 0 Å². The lowest BCUT2D eigenvalue weighted by molar-refractivity contribution is 0.637. The summed E-state index contributed by atoms with van der Waals surface area (Å²) in [7, 11) is 2.18. The van der Waals surface area contributed by atoms with Crippen LogP contribution in [0, 0.1) is 6.92 Å². The smallest absolute Gasteiger partial charge is 0.131 e. The molecule has 0 bridgehead atoms. The molecule has 2 N–H and O–H groups in total. The fraction of sp³-hybridized carbons (Fsp3) is 0.688. The van der Waals surface area contributed by atoms with E-state index >= 15 is 0 Å². The van der Waals surface area contributed by atoms with Gasteiger partial charge in [-0.25, -0.2) is 4.98 Å². The summed E-state index contributed by atoms with van der Waals surface area (Å²) in [6.45, 7) is 4.29. The second kappa shape index (κ2) is 6.38. The molecule has 2 rings (SSSR count). The Morgan fingerprint density at radius 3 is 2.68 bits per heavy atom. The van der Waals surface area contributed by atoms with E-state index in [1.807, 2.05) is 6.20 Å². The van der Waals surface area contributed by atoms with Crippen LogP contribution in [0.1, 0.15) is 50.2 Å². The number of hydrogen-bond donors (Lipinski definition) is 1. The summed E-state index contributed by atoms with van der Waals surface area (Å²) >= 11 is 0. The van der Waals surface area contributed by atoms with E-state index in [4.69, 9.17) is 5.73 Å². The first-order valence-corrected chi connectivity index (χ1v) is 7.55. The molecule has 1 atom stereocenters. The number of hydrogen-bond acceptors (Lipinski definition) is 3. The molecule has 19 heavy (non-hydrogen) atoms. The summed E-state index contributed by atoms with van der Waals surface area (Å²) in [4.78, 5) is 7.05. The Morgan fingerprint density at radius 2 is 2.11 bits per heavy atom. The first-order chi connectivity index (χ1) is 9.11. The number of rotatable bonds is 5. The van der Waals surface area contributed by atoms with Gasteiger partial charge in [0, 0.05) is 25.3 Å². The van der Waals surface area contributed by atoms with Crippen LogP contribution in [0.3, 0.4) is 0 Å². The van der Waals surface area contributed by atoms with Crippen molar-refractivity contribution >= 4 is 5.82 Å². The third kappa shape index (κ3) is 3.47. The molecule has 1 unspecified atom stereocenters. The second-order valence-electron chi connectivity index (χ2n) is 5.91. The van der Waals surface area contributed by atoms with Crippen molar-refractivity contribution in [3.05, 3.63) is 23.4 Å². The van der Waals surface area contributed by atoms with Crippen molar-refractivity contribution in [1.29, 1.82) is 0 Å². The Labute approximate surface area is 117 Å². The van der Waals surface area contributed by atoms with Crippen LogP contribution in [0.4, 0.5) is 5.82 Å². The Hall–Kier alpha value is -1.09. The quantitative estimate of drug-likeness (QED) is 0.886. The van der Waals surface area contributed by atoms with Crippen LogP contribution in [0.15, 0.2) is 12.3 Å². The van der Waals surface area contributed by atoms with Gasteiger partial charge in [-0.3, -0.25) is 0 Å². The molecule has 0 spiro atoms. The van der Waals surface area contributed by atoms with Crippen molar-refractivity contribution in [3.8, 4) is 0 Å². The molecule has 1 fully saturated rings. The summed E-state index contributed by atoms with van der Waals surface area (Å²) in [5, 5.41) is 0. The number of aryl methyl sites for hydroxylation is 1. The highest BCUT2D eigenvalue weighted by Crippen LogP contribution is 2.27. The highest BCUT2D eigenvalue weighted by molar-refractivity contribution is 5.47. The van der Waals surface area contributed by atoms with E-state index in [-0.39, 0.29) is 6.04 Å². The van der Waals surface area contributed by atoms with E-state index in [2.05, 4.69) is 36.8 Å². The van der Waals surface area contributed by atoms with Crippen LogP contribution in [-0.2, 0) is 6.42 Å². The molecule has 1 aliphatic carbocycles. The average molecular weight is 261 g/mol. The first-order valence-electron chi connectivity index (χ1n) is 7.55. The van der Waals surface area contributed by atoms with Crippen molar-refractivity contribution in [2.45, 2.75) is 64.5 Å². The van der Waals surface area contributed by atoms with E-state index in [9.17, 15) is 0 Å². The summed E-state index contributed by atoms with van der Waals surface area (Å²) in [6, 6.07) is 3.18. The van der Waals surface area contributed by atoms with Crippen LogP contribution >= 0.6 is 0 Å². The second-order valence-corrected chi connectivity index (χ2v) is 5.91. The Kier molecular flexibility index (Phi) is 4.81. The Morgan fingerprint density at radius 1 is 1.42 bits per heavy atom. The zero-order valence-corrected chi connectivity index (χ0v) is 12.5. The molecule has 3 nitrogen and oxygen atoms in total. The molecule has 0 saturated heterocycles. The maximum atomic E-state index is 6.01. The molecule has 0 aliphatic heterocycles. The molecule has 0 radical (unpaired) electrons. The minimum atomic E-state index is 0.250. The van der Waals surface area contributed by atoms with E-state index in [0.29, 0.717) is 6.04 Å². The number of pyridine rings is 1. The maximum Gasteiger partial charge on any atom is 0.131 e. The molecule has 0 amide bonds. The minimum absolute atomic E-state index is 0.250. The zero-order chi connectivity index (χ0) is 13.8. The highest BCUT2D eigenvalue weighted by atomic mass is 15.2. The standard InChI is InChI=1S/C16H27N3/c1-4-14(17)10-13-9-12(2)16(18-11-13)19(3)15-7-5-6-8-15/h9,11,14-15H,4-8,10,17H2,1-3H3. The molecular weight excluding hydrogens is 234 g/mol. The zero-order valence-electron chi connectivity index (χ0n) is 12.5. The van der Waals surface area contributed by atoms with Gasteiger partial charge in [-0.1, -0.05) is 25.8 Å². The third-order valence-corrected chi connectivity index (χ3v) is 4.34. The van der Waals surface area contributed by atoms with Gasteiger partial charge in [0.15, 0.2) is 0 Å². The van der Waals surface area contributed by atoms with Crippen molar-refractivity contribution < 1.29 is 0 Å². The monoisotopic (exact) mass is 261 g/mol. The average Bonchev–Trinajstić information content (AvgIpc) is 2.92. The van der Waals surface area contributed by atoms with Crippen LogP contribution in [-0.4, -0.2) is 24.1 Å². The lowest BCUT2D eigenvalue weighted by atomic mass is 10.0. The summed E-state index contributed by atoms with van der Waals surface area (Å²) in [5.74, 6) is 1.14. The van der Waals surface area contributed by atoms with Crippen molar-refractivity contribution in [2.24, 2.45) is 5.73 Å². The van der Waals surface area contributed by atoms with Crippen molar-refractivity contribution in [3.63, 3.8) is 0 Å². The van der Waals surface area contributed by atoms with Crippen LogP contribution in [0.2, 0.25) is 0 Å². The molecule has 1 aromatic rings. The van der Waals surface area contributed by atoms with Gasteiger partial charge in [0.05, 0.1) is 0 Å². The molecule has 1 aliphatic rings. The Balaban J connectivity index is 2.09. The molecule has 3 heteroatoms. The van der Waals surface area contributed by atoms with Gasteiger partial charge in [0.2, 0.25) is 0 Å². The summed E-state index contributed by atoms with van der Waals surface area (Å²) in [5.41, 5.74) is 8.55. The number of nitrogens with two attached hydrogens (primary N) is 1. The molecule has 1 heterocycles. The minimum Gasteiger partial charge on any atom is -0.356 e. The Bertz CT molecular complexity index is 410. The van der Waals surface area contributed by atoms with Crippen molar-refractivity contribution in [1.82, 2.24) is 4.98 Å². The van der Waals surface area contributed by atoms with E-state index in [1.54, 1.807) is 0 Å². The summed E-state index contributed by atoms with van der Waals surface area (Å²) in [6.07, 6.45) is 9.28. The van der Waals surface area contributed by atoms with Crippen LogP contribution < -0.4 is 10.6 Å². The van der Waals surface area contributed by atoms with Gasteiger partial charge >= 0.3 is 0 Å². The normalized spacial score (nSPS) is 17.7. The highest BCUT2D eigenvalue weighted by Gasteiger charge is 2.21. The van der Waals surface area contributed by atoms with Crippen molar-refractivity contribution in [2.75, 3.05) is 11.9 Å². The fourth-order valence-electron chi connectivity index (χ4n) is 3.02. The lowest BCUT2D eigenvalue weighted by Crippen LogP contribution is -2.30. The molecular formula is C16H27N3. The predicted molar refractivity (Wildman–Crippen MR) is 81.6 cm³/mol. The van der Waals surface area contributed by atoms with Gasteiger partial charge in [-0.15, -0.1) is 0 Å². The number of anilines is 1. The van der Waals surface area contributed by atoms with E-state index in [0.717, 1.165) is 18.7 Å². The fourth-order valence-corrected chi connectivity index (χ4v) is 3.02. The van der Waals surface area contributed by atoms with Gasteiger partial charge < -0.3 is 10.6 Å². The maximum absolute atomic E-state index is 6.01. The lowest BCUT2D eigenvalue weighted by Gasteiger charge is -2.27. The van der Waals surface area contributed by atoms with Gasteiger partial charge in [0.1, 0.15) is 5.82 Å². The topological polar surface area (TPSA) is 42.1 Å². The van der Waals surface area contributed by atoms with Gasteiger partial charge in [0.25, 0.3) is 0 Å². The van der Waals surface area contributed by atoms with Crippen LogP contribution in [0.5, 0.6) is 0 Å². The first kappa shape index (κ1) is 14.3. The molecule has 0 aromatic carbocycles. The largest absolute Gasteiger partial charge is 0.356 e. The third-order valence-electron chi connectivity index (χ3n) is 4.34. The molecule has 106 valence electrons. The number of aromatic nitrogens is 1. The molecule has 1 saturated carbocycles.